The molecule has 1 aliphatic heterocycles. The predicted octanol–water partition coefficient (Wildman–Crippen LogP) is 1.17. The lowest BCUT2D eigenvalue weighted by Gasteiger charge is -2.19. The highest BCUT2D eigenvalue weighted by Crippen LogP contribution is 2.20. The summed E-state index contributed by atoms with van der Waals surface area (Å²) in [5.74, 6) is 0.962. The molecule has 0 saturated carbocycles. The van der Waals surface area contributed by atoms with Crippen molar-refractivity contribution in [1.82, 2.24) is 19.3 Å². The molecule has 1 unspecified atom stereocenters. The molecule has 0 aromatic carbocycles. The molecule has 3 rings (SSSR count). The minimum Gasteiger partial charge on any atom is -0.475 e. The molecule has 19 heavy (non-hydrogen) atoms. The van der Waals surface area contributed by atoms with Crippen LogP contribution < -0.4 is 10.5 Å². The Balaban J connectivity index is 1.66. The van der Waals surface area contributed by atoms with Crippen LogP contribution in [0.25, 0.3) is 5.65 Å². The minimum absolute atomic E-state index is 0.443. The van der Waals surface area contributed by atoms with Gasteiger partial charge in [0, 0.05) is 18.4 Å². The van der Waals surface area contributed by atoms with Gasteiger partial charge in [-0.05, 0) is 32.9 Å². The summed E-state index contributed by atoms with van der Waals surface area (Å²) in [6.07, 6.45) is 8.84. The van der Waals surface area contributed by atoms with Crippen LogP contribution in [0.2, 0.25) is 0 Å². The highest BCUT2D eigenvalue weighted by atomic mass is 16.5. The fourth-order valence-corrected chi connectivity index (χ4v) is 2.65. The van der Waals surface area contributed by atoms with Crippen molar-refractivity contribution in [1.29, 1.82) is 0 Å². The number of anilines is 1. The van der Waals surface area contributed by atoms with E-state index in [1.54, 1.807) is 12.4 Å². The van der Waals surface area contributed by atoms with E-state index in [-0.39, 0.29) is 0 Å². The van der Waals surface area contributed by atoms with Gasteiger partial charge >= 0.3 is 0 Å². The number of nitrogens with zero attached hydrogens (tertiary/aromatic N) is 4. The van der Waals surface area contributed by atoms with Crippen molar-refractivity contribution < 1.29 is 4.74 Å². The van der Waals surface area contributed by atoms with Crippen LogP contribution in [0.5, 0.6) is 5.88 Å². The van der Waals surface area contributed by atoms with E-state index < -0.39 is 0 Å². The normalized spacial score (nSPS) is 20.2. The molecule has 0 aliphatic carbocycles. The third kappa shape index (κ3) is 2.49. The van der Waals surface area contributed by atoms with Crippen molar-refractivity contribution in [2.45, 2.75) is 25.3 Å². The topological polar surface area (TPSA) is 68.7 Å². The van der Waals surface area contributed by atoms with Gasteiger partial charge in [-0.25, -0.2) is 4.98 Å². The highest BCUT2D eigenvalue weighted by Gasteiger charge is 2.20. The van der Waals surface area contributed by atoms with Gasteiger partial charge in [0.25, 0.3) is 5.88 Å². The van der Waals surface area contributed by atoms with Crippen molar-refractivity contribution in [2.75, 3.05) is 25.9 Å². The second-order valence-electron chi connectivity index (χ2n) is 5.04. The molecule has 2 aromatic rings. The van der Waals surface area contributed by atoms with Crippen LogP contribution in [-0.4, -0.2) is 45.5 Å². The largest absolute Gasteiger partial charge is 0.475 e. The molecule has 6 heteroatoms. The first-order valence-corrected chi connectivity index (χ1v) is 6.66. The van der Waals surface area contributed by atoms with Crippen LogP contribution in [0.15, 0.2) is 18.6 Å². The molecule has 0 bridgehead atoms. The van der Waals surface area contributed by atoms with Crippen molar-refractivity contribution >= 4 is 11.5 Å². The first-order chi connectivity index (χ1) is 9.24. The lowest BCUT2D eigenvalue weighted by atomic mass is 10.1. The van der Waals surface area contributed by atoms with E-state index in [0.717, 1.165) is 6.42 Å². The number of ether oxygens (including phenoxy) is 1. The third-order valence-corrected chi connectivity index (χ3v) is 3.72. The molecule has 1 fully saturated rings. The summed E-state index contributed by atoms with van der Waals surface area (Å²) in [5.41, 5.74) is 6.47. The van der Waals surface area contributed by atoms with Gasteiger partial charge in [0.15, 0.2) is 0 Å². The second kappa shape index (κ2) is 5.05. The zero-order chi connectivity index (χ0) is 13.2. The molecule has 6 nitrogen and oxygen atoms in total. The van der Waals surface area contributed by atoms with Gasteiger partial charge in [-0.15, -0.1) is 0 Å². The van der Waals surface area contributed by atoms with Gasteiger partial charge in [-0.2, -0.15) is 4.98 Å². The SMILES string of the molecule is CN1CCCC1CCOc1nc(N)cn2ccnc12. The van der Waals surface area contributed by atoms with E-state index >= 15 is 0 Å². The summed E-state index contributed by atoms with van der Waals surface area (Å²) < 4.78 is 7.60. The number of rotatable bonds is 4. The number of imidazole rings is 1. The Bertz CT molecular complexity index is 567. The molecule has 3 heterocycles. The van der Waals surface area contributed by atoms with Crippen molar-refractivity contribution in [3.8, 4) is 5.88 Å². The third-order valence-electron chi connectivity index (χ3n) is 3.72. The van der Waals surface area contributed by atoms with Crippen molar-refractivity contribution in [3.63, 3.8) is 0 Å². The molecule has 2 N–H and O–H groups in total. The van der Waals surface area contributed by atoms with Crippen molar-refractivity contribution in [2.24, 2.45) is 0 Å². The van der Waals surface area contributed by atoms with Gasteiger partial charge in [0.1, 0.15) is 5.82 Å². The Labute approximate surface area is 112 Å². The molecule has 102 valence electrons. The maximum absolute atomic E-state index is 5.77. The number of nitrogens with two attached hydrogens (primary N) is 1. The van der Waals surface area contributed by atoms with Gasteiger partial charge in [-0.3, -0.25) is 4.40 Å². The molecule has 1 saturated heterocycles. The lowest BCUT2D eigenvalue weighted by molar-refractivity contribution is 0.229. The van der Waals surface area contributed by atoms with Crippen molar-refractivity contribution in [3.05, 3.63) is 18.6 Å². The summed E-state index contributed by atoms with van der Waals surface area (Å²) in [7, 11) is 2.17. The molecular formula is C13H19N5O. The van der Waals surface area contributed by atoms with E-state index in [2.05, 4.69) is 21.9 Å². The van der Waals surface area contributed by atoms with Gasteiger partial charge in [-0.1, -0.05) is 0 Å². The average molecular weight is 261 g/mol. The van der Waals surface area contributed by atoms with Crippen LogP contribution >= 0.6 is 0 Å². The maximum Gasteiger partial charge on any atom is 0.260 e. The summed E-state index contributed by atoms with van der Waals surface area (Å²) >= 11 is 0. The monoisotopic (exact) mass is 261 g/mol. The number of nitrogen functional groups attached to an aromatic ring is 1. The fraction of sp³-hybridized carbons (Fsp3) is 0.538. The zero-order valence-corrected chi connectivity index (χ0v) is 11.1. The summed E-state index contributed by atoms with van der Waals surface area (Å²) in [6.45, 7) is 1.83. The quantitative estimate of drug-likeness (QED) is 0.895. The molecule has 1 aliphatic rings. The zero-order valence-electron chi connectivity index (χ0n) is 11.1. The summed E-state index contributed by atoms with van der Waals surface area (Å²) in [6, 6.07) is 0.622. The number of hydrogen-bond acceptors (Lipinski definition) is 5. The van der Waals surface area contributed by atoms with Gasteiger partial charge in [0.05, 0.1) is 12.8 Å². The Morgan fingerprint density at radius 1 is 1.53 bits per heavy atom. The first-order valence-electron chi connectivity index (χ1n) is 6.66. The van der Waals surface area contributed by atoms with E-state index in [9.17, 15) is 0 Å². The lowest BCUT2D eigenvalue weighted by Crippen LogP contribution is -2.26. The summed E-state index contributed by atoms with van der Waals surface area (Å²) in [5, 5.41) is 0. The fourth-order valence-electron chi connectivity index (χ4n) is 2.65. The standard InChI is InChI=1S/C13H19N5O/c1-17-6-2-3-10(17)4-8-19-13-12-15-5-7-18(12)9-11(14)16-13/h5,7,9-10H,2-4,6,8,14H2,1H3. The molecular weight excluding hydrogens is 242 g/mol. The number of hydrogen-bond donors (Lipinski definition) is 1. The van der Waals surface area contributed by atoms with E-state index in [1.165, 1.54) is 19.4 Å². The Hall–Kier alpha value is -1.82. The Kier molecular flexibility index (Phi) is 3.25. The van der Waals surface area contributed by atoms with Crippen LogP contribution in [0.1, 0.15) is 19.3 Å². The molecule has 1 atom stereocenters. The summed E-state index contributed by atoms with van der Waals surface area (Å²) in [4.78, 5) is 10.8. The number of fused-ring (bicyclic) bond motifs is 1. The number of aromatic nitrogens is 3. The van der Waals surface area contributed by atoms with Crippen LogP contribution in [0, 0.1) is 0 Å². The smallest absolute Gasteiger partial charge is 0.260 e. The van der Waals surface area contributed by atoms with E-state index in [0.29, 0.717) is 30.0 Å². The van der Waals surface area contributed by atoms with Crippen LogP contribution in [-0.2, 0) is 0 Å². The van der Waals surface area contributed by atoms with Crippen LogP contribution in [0.4, 0.5) is 5.82 Å². The van der Waals surface area contributed by atoms with Gasteiger partial charge < -0.3 is 15.4 Å². The average Bonchev–Trinajstić information content (AvgIpc) is 2.98. The number of likely N-dealkylation sites (tertiary alicyclic amines) is 1. The molecule has 2 aromatic heterocycles. The predicted molar refractivity (Wildman–Crippen MR) is 73.2 cm³/mol. The highest BCUT2D eigenvalue weighted by molar-refractivity contribution is 5.52. The van der Waals surface area contributed by atoms with E-state index in [1.807, 2.05) is 10.6 Å². The first kappa shape index (κ1) is 12.2. The second-order valence-corrected chi connectivity index (χ2v) is 5.04. The molecule has 0 amide bonds. The maximum atomic E-state index is 5.77. The Morgan fingerprint density at radius 3 is 3.21 bits per heavy atom. The van der Waals surface area contributed by atoms with Crippen LogP contribution in [0.3, 0.4) is 0 Å². The Morgan fingerprint density at radius 2 is 2.42 bits per heavy atom. The minimum atomic E-state index is 0.443. The molecule has 0 spiro atoms. The van der Waals surface area contributed by atoms with E-state index in [4.69, 9.17) is 10.5 Å². The van der Waals surface area contributed by atoms with Gasteiger partial charge in [0.2, 0.25) is 5.65 Å². The molecule has 0 radical (unpaired) electrons.